The molecule has 0 bridgehead atoms. The Balaban J connectivity index is 2.46. The third-order valence-electron chi connectivity index (χ3n) is 3.89. The number of thioether (sulfide) groups is 1. The molecule has 0 unspecified atom stereocenters. The fourth-order valence-electron chi connectivity index (χ4n) is 2.57. The van der Waals surface area contributed by atoms with Crippen molar-refractivity contribution in [1.82, 2.24) is 4.98 Å². The second-order valence-corrected chi connectivity index (χ2v) is 6.21. The Kier molecular flexibility index (Phi) is 6.52. The summed E-state index contributed by atoms with van der Waals surface area (Å²) >= 11 is 1.30. The van der Waals surface area contributed by atoms with Crippen LogP contribution in [0.3, 0.4) is 0 Å². The average molecular weight is 383 g/mol. The first-order chi connectivity index (χ1) is 12.3. The van der Waals surface area contributed by atoms with Gasteiger partial charge in [-0.3, -0.25) is 4.79 Å². The normalized spacial score (nSPS) is 11.3. The number of nitrogens with zero attached hydrogens (tertiary/aromatic N) is 2. The van der Waals surface area contributed by atoms with E-state index in [9.17, 15) is 18.0 Å². The van der Waals surface area contributed by atoms with Gasteiger partial charge in [-0.05, 0) is 50.4 Å². The third kappa shape index (κ3) is 4.49. The van der Waals surface area contributed by atoms with Crippen LogP contribution in [0.4, 0.5) is 24.5 Å². The van der Waals surface area contributed by atoms with E-state index in [1.165, 1.54) is 17.8 Å². The summed E-state index contributed by atoms with van der Waals surface area (Å²) in [7, 11) is 0. The zero-order valence-electron chi connectivity index (χ0n) is 14.7. The number of hydrogen-bond acceptors (Lipinski definition) is 4. The molecule has 140 valence electrons. The van der Waals surface area contributed by atoms with Gasteiger partial charge in [0, 0.05) is 19.3 Å². The fourth-order valence-corrected chi connectivity index (χ4v) is 3.12. The highest BCUT2D eigenvalue weighted by Crippen LogP contribution is 2.35. The van der Waals surface area contributed by atoms with Crippen LogP contribution in [-0.2, 0) is 6.18 Å². The third-order valence-corrected chi connectivity index (χ3v) is 4.60. The smallest absolute Gasteiger partial charge is 0.370 e. The van der Waals surface area contributed by atoms with Crippen LogP contribution < -0.4 is 10.2 Å². The largest absolute Gasteiger partial charge is 0.416 e. The van der Waals surface area contributed by atoms with Crippen LogP contribution in [0.15, 0.2) is 41.6 Å². The van der Waals surface area contributed by atoms with Crippen LogP contribution in [0.5, 0.6) is 0 Å². The summed E-state index contributed by atoms with van der Waals surface area (Å²) in [5.41, 5.74) is 0.193. The van der Waals surface area contributed by atoms with Crippen molar-refractivity contribution >= 4 is 29.0 Å². The molecule has 2 rings (SSSR count). The number of halogens is 3. The molecule has 26 heavy (non-hydrogen) atoms. The van der Waals surface area contributed by atoms with Crippen molar-refractivity contribution in [2.75, 3.05) is 29.6 Å². The Hall–Kier alpha value is -2.22. The summed E-state index contributed by atoms with van der Waals surface area (Å²) < 4.78 is 39.3. The van der Waals surface area contributed by atoms with E-state index < -0.39 is 17.6 Å². The molecule has 0 fully saturated rings. The number of carbonyl (C=O) groups excluding carboxylic acids is 1. The number of pyridine rings is 1. The van der Waals surface area contributed by atoms with Crippen molar-refractivity contribution in [3.05, 3.63) is 47.7 Å². The van der Waals surface area contributed by atoms with Gasteiger partial charge in [0.1, 0.15) is 5.03 Å². The molecule has 4 nitrogen and oxygen atoms in total. The molecule has 1 amide bonds. The molecule has 1 aromatic heterocycles. The van der Waals surface area contributed by atoms with E-state index in [-0.39, 0.29) is 5.69 Å². The van der Waals surface area contributed by atoms with Gasteiger partial charge in [0.15, 0.2) is 0 Å². The first-order valence-corrected chi connectivity index (χ1v) is 9.30. The predicted octanol–water partition coefficient (Wildman–Crippen LogP) is 4.92. The second kappa shape index (κ2) is 8.44. The summed E-state index contributed by atoms with van der Waals surface area (Å²) in [4.78, 5) is 18.6. The number of rotatable bonds is 6. The minimum absolute atomic E-state index is 0.129. The lowest BCUT2D eigenvalue weighted by Gasteiger charge is -2.25. The van der Waals surface area contributed by atoms with Gasteiger partial charge in [0.25, 0.3) is 5.91 Å². The van der Waals surface area contributed by atoms with E-state index in [0.717, 1.165) is 12.1 Å². The van der Waals surface area contributed by atoms with E-state index in [2.05, 4.69) is 10.3 Å². The van der Waals surface area contributed by atoms with Crippen LogP contribution in [0.2, 0.25) is 0 Å². The summed E-state index contributed by atoms with van der Waals surface area (Å²) in [6.45, 7) is 5.01. The highest BCUT2D eigenvalue weighted by molar-refractivity contribution is 7.98. The molecule has 0 aliphatic heterocycles. The number of alkyl halides is 3. The maximum Gasteiger partial charge on any atom is 0.416 e. The quantitative estimate of drug-likeness (QED) is 0.719. The number of aromatic nitrogens is 1. The van der Waals surface area contributed by atoms with E-state index >= 15 is 0 Å². The van der Waals surface area contributed by atoms with Crippen molar-refractivity contribution in [2.45, 2.75) is 25.0 Å². The minimum atomic E-state index is -4.49. The molecule has 0 aliphatic rings. The van der Waals surface area contributed by atoms with Gasteiger partial charge < -0.3 is 10.2 Å². The molecular formula is C18H20F3N3OS. The minimum Gasteiger partial charge on any atom is -0.370 e. The monoisotopic (exact) mass is 383 g/mol. The highest BCUT2D eigenvalue weighted by atomic mass is 32.2. The van der Waals surface area contributed by atoms with Crippen molar-refractivity contribution in [1.29, 1.82) is 0 Å². The topological polar surface area (TPSA) is 45.2 Å². The van der Waals surface area contributed by atoms with Crippen LogP contribution in [0, 0.1) is 0 Å². The molecular weight excluding hydrogens is 363 g/mol. The zero-order chi connectivity index (χ0) is 19.3. The first-order valence-electron chi connectivity index (χ1n) is 8.08. The maximum atomic E-state index is 13.1. The molecule has 0 saturated heterocycles. The summed E-state index contributed by atoms with van der Waals surface area (Å²) in [5, 5.41) is 3.14. The van der Waals surface area contributed by atoms with Gasteiger partial charge in [0.05, 0.1) is 22.5 Å². The number of carbonyl (C=O) groups is 1. The Morgan fingerprint density at radius 3 is 2.50 bits per heavy atom. The second-order valence-electron chi connectivity index (χ2n) is 5.42. The first kappa shape index (κ1) is 20.1. The lowest BCUT2D eigenvalue weighted by Crippen LogP contribution is -2.25. The molecule has 0 radical (unpaired) electrons. The molecule has 1 N–H and O–H groups in total. The lowest BCUT2D eigenvalue weighted by atomic mass is 10.1. The summed E-state index contributed by atoms with van der Waals surface area (Å²) in [6, 6.07) is 6.61. The van der Waals surface area contributed by atoms with E-state index in [0.29, 0.717) is 29.4 Å². The van der Waals surface area contributed by atoms with Gasteiger partial charge >= 0.3 is 6.18 Å². The van der Waals surface area contributed by atoms with Crippen molar-refractivity contribution in [3.63, 3.8) is 0 Å². The number of nitrogens with one attached hydrogen (secondary N) is 1. The average Bonchev–Trinajstić information content (AvgIpc) is 2.62. The molecule has 0 aliphatic carbocycles. The van der Waals surface area contributed by atoms with Crippen molar-refractivity contribution in [2.24, 2.45) is 0 Å². The Morgan fingerprint density at radius 2 is 1.92 bits per heavy atom. The van der Waals surface area contributed by atoms with Crippen LogP contribution in [-0.4, -0.2) is 30.2 Å². The molecule has 0 saturated carbocycles. The fraction of sp³-hybridized carbons (Fsp3) is 0.333. The predicted molar refractivity (Wildman–Crippen MR) is 99.0 cm³/mol. The summed E-state index contributed by atoms with van der Waals surface area (Å²) in [6.07, 6.45) is -1.14. The number of hydrogen-bond donors (Lipinski definition) is 1. The van der Waals surface area contributed by atoms with Crippen molar-refractivity contribution in [3.8, 4) is 0 Å². The van der Waals surface area contributed by atoms with Gasteiger partial charge in [-0.1, -0.05) is 0 Å². The van der Waals surface area contributed by atoms with Crippen LogP contribution in [0.1, 0.15) is 29.8 Å². The Morgan fingerprint density at radius 1 is 1.23 bits per heavy atom. The van der Waals surface area contributed by atoms with Crippen LogP contribution >= 0.6 is 11.8 Å². The van der Waals surface area contributed by atoms with Crippen LogP contribution in [0.25, 0.3) is 0 Å². The zero-order valence-corrected chi connectivity index (χ0v) is 15.5. The van der Waals surface area contributed by atoms with Gasteiger partial charge in [-0.2, -0.15) is 13.2 Å². The molecule has 0 spiro atoms. The lowest BCUT2D eigenvalue weighted by molar-refractivity contribution is -0.137. The summed E-state index contributed by atoms with van der Waals surface area (Å²) in [5.74, 6) is -0.491. The van der Waals surface area contributed by atoms with E-state index in [4.69, 9.17) is 0 Å². The number of amides is 1. The van der Waals surface area contributed by atoms with E-state index in [1.807, 2.05) is 18.7 Å². The maximum absolute atomic E-state index is 13.1. The molecule has 1 aromatic carbocycles. The molecule has 2 aromatic rings. The molecule has 8 heteroatoms. The SMILES string of the molecule is CCN(CC)c1ccc(C(F)(F)F)cc1NC(=O)c1cccnc1SC. The van der Waals surface area contributed by atoms with Crippen molar-refractivity contribution < 1.29 is 18.0 Å². The Labute approximate surface area is 154 Å². The Bertz CT molecular complexity index is 777. The molecule has 1 heterocycles. The van der Waals surface area contributed by atoms with Gasteiger partial charge in [-0.25, -0.2) is 4.98 Å². The number of anilines is 2. The standard InChI is InChI=1S/C18H20F3N3OS/c1-4-24(5-2)15-9-8-12(18(19,20)21)11-14(15)23-16(25)13-7-6-10-22-17(13)26-3/h6-11H,4-5H2,1-3H3,(H,23,25). The number of benzene rings is 1. The highest BCUT2D eigenvalue weighted by Gasteiger charge is 2.31. The van der Waals surface area contributed by atoms with Gasteiger partial charge in [0.2, 0.25) is 0 Å². The van der Waals surface area contributed by atoms with E-state index in [1.54, 1.807) is 24.6 Å². The van der Waals surface area contributed by atoms with Gasteiger partial charge in [-0.15, -0.1) is 11.8 Å². The molecule has 0 atom stereocenters.